The van der Waals surface area contributed by atoms with E-state index in [9.17, 15) is 9.59 Å². The Morgan fingerprint density at radius 3 is 2.42 bits per heavy atom. The third-order valence-electron chi connectivity index (χ3n) is 8.11. The number of hydrogen-bond donors (Lipinski definition) is 2. The summed E-state index contributed by atoms with van der Waals surface area (Å²) in [6, 6.07) is 12.8. The van der Waals surface area contributed by atoms with E-state index in [1.54, 1.807) is 23.2 Å². The number of carbonyl (C=O) groups excluding carboxylic acids is 2. The molecule has 1 unspecified atom stereocenters. The van der Waals surface area contributed by atoms with Gasteiger partial charge < -0.3 is 16.0 Å². The molecule has 1 aliphatic heterocycles. The molecule has 3 N–H and O–H groups in total. The van der Waals surface area contributed by atoms with Crippen LogP contribution in [0.2, 0.25) is 0 Å². The number of nitrogens with two attached hydrogens (primary N) is 1. The van der Waals surface area contributed by atoms with E-state index in [4.69, 9.17) is 5.73 Å². The fourth-order valence-electron chi connectivity index (χ4n) is 5.78. The lowest BCUT2D eigenvalue weighted by atomic mass is 9.82. The molecular formula is C29H42N4O2S. The maximum atomic E-state index is 13.4. The summed E-state index contributed by atoms with van der Waals surface area (Å²) < 4.78 is 0. The van der Waals surface area contributed by atoms with Gasteiger partial charge in [-0.15, -0.1) is 11.3 Å². The topological polar surface area (TPSA) is 78.7 Å². The van der Waals surface area contributed by atoms with E-state index in [2.05, 4.69) is 58.9 Å². The number of carbonyl (C=O) groups is 2. The van der Waals surface area contributed by atoms with Gasteiger partial charge in [0.1, 0.15) is 6.04 Å². The molecule has 36 heavy (non-hydrogen) atoms. The third kappa shape index (κ3) is 7.17. The van der Waals surface area contributed by atoms with Gasteiger partial charge in [-0.3, -0.25) is 14.5 Å². The zero-order valence-electron chi connectivity index (χ0n) is 21.8. The minimum absolute atomic E-state index is 0.00209. The van der Waals surface area contributed by atoms with Gasteiger partial charge in [0.2, 0.25) is 11.8 Å². The van der Waals surface area contributed by atoms with Crippen molar-refractivity contribution in [3.63, 3.8) is 0 Å². The molecule has 7 heteroatoms. The summed E-state index contributed by atoms with van der Waals surface area (Å²) in [7, 11) is 0. The van der Waals surface area contributed by atoms with Crippen molar-refractivity contribution in [2.24, 2.45) is 17.6 Å². The van der Waals surface area contributed by atoms with Crippen LogP contribution in [0.5, 0.6) is 0 Å². The van der Waals surface area contributed by atoms with Gasteiger partial charge in [-0.2, -0.15) is 0 Å². The average Bonchev–Trinajstić information content (AvgIpc) is 3.41. The second-order valence-corrected chi connectivity index (χ2v) is 11.8. The van der Waals surface area contributed by atoms with Gasteiger partial charge in [-0.1, -0.05) is 35.9 Å². The minimum Gasteiger partial charge on any atom is -0.354 e. The number of likely N-dealkylation sites (tertiary alicyclic amines) is 1. The second-order valence-electron chi connectivity index (χ2n) is 10.7. The predicted octanol–water partition coefficient (Wildman–Crippen LogP) is 4.32. The molecule has 2 aromatic rings. The van der Waals surface area contributed by atoms with Gasteiger partial charge >= 0.3 is 0 Å². The molecule has 4 rings (SSSR count). The minimum atomic E-state index is -0.412. The van der Waals surface area contributed by atoms with Gasteiger partial charge in [0.15, 0.2) is 0 Å². The third-order valence-corrected chi connectivity index (χ3v) is 8.97. The van der Waals surface area contributed by atoms with E-state index < -0.39 is 6.04 Å². The number of hydrogen-bond acceptors (Lipinski definition) is 5. The molecule has 1 aromatic heterocycles. The van der Waals surface area contributed by atoms with E-state index in [0.29, 0.717) is 31.3 Å². The fraction of sp³-hybridized carbons (Fsp3) is 0.586. The predicted molar refractivity (Wildman–Crippen MR) is 146 cm³/mol. The lowest BCUT2D eigenvalue weighted by molar-refractivity contribution is -0.142. The quantitative estimate of drug-likeness (QED) is 0.527. The Hall–Kier alpha value is -2.22. The van der Waals surface area contributed by atoms with Crippen LogP contribution in [0.3, 0.4) is 0 Å². The van der Waals surface area contributed by atoms with Crippen molar-refractivity contribution in [3.8, 4) is 0 Å². The highest BCUT2D eigenvalue weighted by Gasteiger charge is 2.37. The molecule has 2 fully saturated rings. The van der Waals surface area contributed by atoms with E-state index >= 15 is 0 Å². The van der Waals surface area contributed by atoms with Crippen LogP contribution >= 0.6 is 11.3 Å². The van der Waals surface area contributed by atoms with Gasteiger partial charge in [0.05, 0.1) is 0 Å². The molecule has 1 saturated carbocycles. The van der Waals surface area contributed by atoms with Crippen molar-refractivity contribution in [2.45, 2.75) is 77.5 Å². The largest absolute Gasteiger partial charge is 0.354 e. The number of nitrogens with one attached hydrogen (secondary N) is 1. The van der Waals surface area contributed by atoms with Crippen molar-refractivity contribution >= 4 is 23.2 Å². The molecule has 1 saturated heterocycles. The molecule has 2 amide bonds. The number of amides is 2. The Labute approximate surface area is 220 Å². The number of nitrogens with zero attached hydrogens (tertiary/aromatic N) is 2. The van der Waals surface area contributed by atoms with Crippen LogP contribution in [0.1, 0.15) is 61.5 Å². The summed E-state index contributed by atoms with van der Waals surface area (Å²) >= 11 is 1.77. The van der Waals surface area contributed by atoms with Gasteiger partial charge in [0, 0.05) is 44.0 Å². The number of piperidine rings is 1. The molecule has 0 radical (unpaired) electrons. The normalized spacial score (nSPS) is 24.6. The van der Waals surface area contributed by atoms with E-state index in [0.717, 1.165) is 51.7 Å². The van der Waals surface area contributed by atoms with E-state index in [-0.39, 0.29) is 17.9 Å². The monoisotopic (exact) mass is 510 g/mol. The highest BCUT2D eigenvalue weighted by atomic mass is 32.1. The molecule has 0 spiro atoms. The van der Waals surface area contributed by atoms with Crippen molar-refractivity contribution in [2.75, 3.05) is 19.6 Å². The van der Waals surface area contributed by atoms with Crippen LogP contribution < -0.4 is 11.1 Å². The molecule has 196 valence electrons. The Morgan fingerprint density at radius 2 is 1.78 bits per heavy atom. The van der Waals surface area contributed by atoms with Crippen molar-refractivity contribution in [1.29, 1.82) is 0 Å². The second kappa shape index (κ2) is 12.8. The number of rotatable bonds is 9. The molecule has 2 heterocycles. The number of benzene rings is 1. The summed E-state index contributed by atoms with van der Waals surface area (Å²) in [5.74, 6) is 1.13. The van der Waals surface area contributed by atoms with Crippen molar-refractivity contribution < 1.29 is 9.59 Å². The van der Waals surface area contributed by atoms with E-state index in [1.807, 2.05) is 0 Å². The Bertz CT molecular complexity index is 970. The maximum Gasteiger partial charge on any atom is 0.242 e. The summed E-state index contributed by atoms with van der Waals surface area (Å²) in [5.41, 5.74) is 8.37. The standard InChI is InChI=1S/C29H42N4O2S/c1-21-5-7-25(8-6-21)19-32(20-27-4-3-15-36-27)26-13-14-33(22(2)34)28(16-26)29(35)31-18-24-11-9-23(17-30)10-12-24/h3-8,15,23-24,26,28H,9-14,16-20,30H2,1-2H3,(H,31,35)/t23?,24?,26?,28-/m1/s1. The fourth-order valence-corrected chi connectivity index (χ4v) is 6.51. The Balaban J connectivity index is 1.43. The van der Waals surface area contributed by atoms with Crippen LogP contribution in [0.15, 0.2) is 41.8 Å². The van der Waals surface area contributed by atoms with Crippen LogP contribution in [0.4, 0.5) is 0 Å². The number of thiophene rings is 1. The summed E-state index contributed by atoms with van der Waals surface area (Å²) in [5, 5.41) is 5.34. The average molecular weight is 511 g/mol. The first-order valence-electron chi connectivity index (χ1n) is 13.5. The van der Waals surface area contributed by atoms with E-state index in [1.165, 1.54) is 16.0 Å². The first-order chi connectivity index (χ1) is 17.4. The first kappa shape index (κ1) is 26.8. The highest BCUT2D eigenvalue weighted by Crippen LogP contribution is 2.29. The van der Waals surface area contributed by atoms with Crippen molar-refractivity contribution in [3.05, 3.63) is 57.8 Å². The summed E-state index contributed by atoms with van der Waals surface area (Å²) in [6.07, 6.45) is 6.10. The molecule has 2 atom stereocenters. The van der Waals surface area contributed by atoms with Crippen molar-refractivity contribution in [1.82, 2.24) is 15.1 Å². The molecule has 6 nitrogen and oxygen atoms in total. The molecule has 1 aliphatic carbocycles. The first-order valence-corrected chi connectivity index (χ1v) is 14.4. The van der Waals surface area contributed by atoms with Crippen LogP contribution in [-0.2, 0) is 22.7 Å². The SMILES string of the molecule is CC(=O)N1CCC(N(Cc2ccc(C)cc2)Cc2cccs2)C[C@@H]1C(=O)NCC1CCC(CN)CC1. The molecule has 0 bridgehead atoms. The van der Waals surface area contributed by atoms with Crippen LogP contribution in [0.25, 0.3) is 0 Å². The van der Waals surface area contributed by atoms with Crippen LogP contribution in [0, 0.1) is 18.8 Å². The molecule has 1 aromatic carbocycles. The Kier molecular flexibility index (Phi) is 9.57. The maximum absolute atomic E-state index is 13.4. The number of aryl methyl sites for hydroxylation is 1. The summed E-state index contributed by atoms with van der Waals surface area (Å²) in [4.78, 5) is 31.5. The molecular weight excluding hydrogens is 468 g/mol. The van der Waals surface area contributed by atoms with Gasteiger partial charge in [-0.05, 0) is 80.8 Å². The lowest BCUT2D eigenvalue weighted by Gasteiger charge is -2.42. The van der Waals surface area contributed by atoms with Gasteiger partial charge in [-0.25, -0.2) is 0 Å². The zero-order valence-corrected chi connectivity index (χ0v) is 22.6. The zero-order chi connectivity index (χ0) is 25.5. The highest BCUT2D eigenvalue weighted by molar-refractivity contribution is 7.09. The van der Waals surface area contributed by atoms with Gasteiger partial charge in [0.25, 0.3) is 0 Å². The molecule has 2 aliphatic rings. The van der Waals surface area contributed by atoms with Crippen LogP contribution in [-0.4, -0.2) is 53.3 Å². The Morgan fingerprint density at radius 1 is 1.06 bits per heavy atom. The lowest BCUT2D eigenvalue weighted by Crippen LogP contribution is -2.57. The summed E-state index contributed by atoms with van der Waals surface area (Å²) in [6.45, 7) is 7.47. The smallest absolute Gasteiger partial charge is 0.242 e.